The van der Waals surface area contributed by atoms with Gasteiger partial charge in [0.2, 0.25) is 6.79 Å². The number of H-pyrrole nitrogens is 1. The molecule has 162 valence electrons. The highest BCUT2D eigenvalue weighted by atomic mass is 32.1. The fourth-order valence-corrected chi connectivity index (χ4v) is 5.75. The van der Waals surface area contributed by atoms with Crippen LogP contribution in [0.5, 0.6) is 11.5 Å². The number of fused-ring (bicyclic) bond motifs is 5. The van der Waals surface area contributed by atoms with Crippen molar-refractivity contribution >= 4 is 39.8 Å². The van der Waals surface area contributed by atoms with Gasteiger partial charge in [-0.2, -0.15) is 0 Å². The van der Waals surface area contributed by atoms with E-state index in [2.05, 4.69) is 22.0 Å². The maximum Gasteiger partial charge on any atom is 0.256 e. The molecular formula is C26H19N3O3S. The molecule has 2 atom stereocenters. The third kappa shape index (κ3) is 2.60. The monoisotopic (exact) mass is 453 g/mol. The molecule has 4 heterocycles. The number of thiocarbonyl (C=S) groups is 1. The van der Waals surface area contributed by atoms with Gasteiger partial charge in [0.25, 0.3) is 5.91 Å². The van der Waals surface area contributed by atoms with Crippen molar-refractivity contribution < 1.29 is 14.3 Å². The highest BCUT2D eigenvalue weighted by molar-refractivity contribution is 7.80. The van der Waals surface area contributed by atoms with Crippen LogP contribution in [0, 0.1) is 0 Å². The zero-order chi connectivity index (χ0) is 22.1. The molecule has 0 saturated carbocycles. The normalized spacial score (nSPS) is 21.0. The molecule has 4 aromatic rings. The summed E-state index contributed by atoms with van der Waals surface area (Å²) in [4.78, 5) is 21.1. The van der Waals surface area contributed by atoms with E-state index in [1.165, 1.54) is 5.56 Å². The predicted octanol–water partition coefficient (Wildman–Crippen LogP) is 4.54. The highest BCUT2D eigenvalue weighted by Gasteiger charge is 2.51. The SMILES string of the molecule is O=C1[C@H]2Cc3c([nH]c4ccccc34)[C@H](c3ccc4c(c3)OCO4)N2C(=S)N1c1ccccc1. The summed E-state index contributed by atoms with van der Waals surface area (Å²) in [6.07, 6.45) is 0.600. The van der Waals surface area contributed by atoms with Crippen LogP contribution >= 0.6 is 12.2 Å². The van der Waals surface area contributed by atoms with Gasteiger partial charge in [0.15, 0.2) is 16.6 Å². The third-order valence-electron chi connectivity index (χ3n) is 6.78. The summed E-state index contributed by atoms with van der Waals surface area (Å²) >= 11 is 5.94. The minimum absolute atomic E-state index is 0.00729. The second-order valence-electron chi connectivity index (χ2n) is 8.50. The van der Waals surface area contributed by atoms with E-state index in [-0.39, 0.29) is 24.8 Å². The smallest absolute Gasteiger partial charge is 0.256 e. The van der Waals surface area contributed by atoms with Crippen molar-refractivity contribution in [1.82, 2.24) is 9.88 Å². The number of amides is 1. The van der Waals surface area contributed by atoms with Crippen LogP contribution in [0.25, 0.3) is 10.9 Å². The van der Waals surface area contributed by atoms with Crippen molar-refractivity contribution in [3.63, 3.8) is 0 Å². The Balaban J connectivity index is 1.43. The first-order valence-electron chi connectivity index (χ1n) is 10.9. The average Bonchev–Trinajstić information content (AvgIpc) is 3.53. The van der Waals surface area contributed by atoms with E-state index in [9.17, 15) is 4.79 Å². The van der Waals surface area contributed by atoms with Gasteiger partial charge < -0.3 is 19.4 Å². The number of anilines is 1. The molecule has 0 spiro atoms. The van der Waals surface area contributed by atoms with Crippen molar-refractivity contribution in [3.05, 3.63) is 89.6 Å². The van der Waals surface area contributed by atoms with Crippen molar-refractivity contribution in [1.29, 1.82) is 0 Å². The largest absolute Gasteiger partial charge is 0.454 e. The Morgan fingerprint density at radius 2 is 1.73 bits per heavy atom. The molecule has 0 radical (unpaired) electrons. The number of hydrogen-bond acceptors (Lipinski definition) is 4. The number of ether oxygens (including phenoxy) is 2. The lowest BCUT2D eigenvalue weighted by Gasteiger charge is -2.37. The van der Waals surface area contributed by atoms with Crippen molar-refractivity contribution in [3.8, 4) is 11.5 Å². The van der Waals surface area contributed by atoms with Gasteiger partial charge in [-0.1, -0.05) is 42.5 Å². The number of rotatable bonds is 2. The Morgan fingerprint density at radius 1 is 0.939 bits per heavy atom. The highest BCUT2D eigenvalue weighted by Crippen LogP contribution is 2.46. The molecule has 0 bridgehead atoms. The van der Waals surface area contributed by atoms with Gasteiger partial charge in [0.05, 0.1) is 11.7 Å². The maximum atomic E-state index is 13.7. The quantitative estimate of drug-likeness (QED) is 0.452. The van der Waals surface area contributed by atoms with Crippen LogP contribution in [0.15, 0.2) is 72.8 Å². The molecule has 7 heteroatoms. The Labute approximate surface area is 195 Å². The Hall–Kier alpha value is -3.84. The predicted molar refractivity (Wildman–Crippen MR) is 129 cm³/mol. The summed E-state index contributed by atoms with van der Waals surface area (Å²) in [6, 6.07) is 23.2. The van der Waals surface area contributed by atoms with Gasteiger partial charge in [-0.3, -0.25) is 9.69 Å². The summed E-state index contributed by atoms with van der Waals surface area (Å²) in [7, 11) is 0. The molecule has 0 aliphatic carbocycles. The zero-order valence-corrected chi connectivity index (χ0v) is 18.3. The van der Waals surface area contributed by atoms with Crippen molar-refractivity contribution in [2.75, 3.05) is 11.7 Å². The first-order valence-corrected chi connectivity index (χ1v) is 11.3. The average molecular weight is 454 g/mol. The minimum Gasteiger partial charge on any atom is -0.454 e. The molecule has 3 aliphatic rings. The standard InChI is InChI=1S/C26H19N3O3S/c30-25-20-13-18-17-8-4-5-9-19(17)27-23(18)24(15-10-11-21-22(12-15)32-14-31-21)29(20)26(33)28(25)16-6-2-1-3-7-16/h1-12,20,24,27H,13-14H2/t20-,24+/m1/s1. The summed E-state index contributed by atoms with van der Waals surface area (Å²) in [5, 5.41) is 1.66. The van der Waals surface area contributed by atoms with Gasteiger partial charge in [-0.15, -0.1) is 0 Å². The summed E-state index contributed by atoms with van der Waals surface area (Å²) < 4.78 is 11.2. The first kappa shape index (κ1) is 18.7. The number of nitrogens with one attached hydrogen (secondary N) is 1. The zero-order valence-electron chi connectivity index (χ0n) is 17.5. The molecule has 33 heavy (non-hydrogen) atoms. The molecule has 7 rings (SSSR count). The molecule has 6 nitrogen and oxygen atoms in total. The third-order valence-corrected chi connectivity index (χ3v) is 7.17. The fourth-order valence-electron chi connectivity index (χ4n) is 5.32. The summed E-state index contributed by atoms with van der Waals surface area (Å²) in [5.74, 6) is 1.45. The van der Waals surface area contributed by atoms with Gasteiger partial charge in [-0.25, -0.2) is 0 Å². The molecule has 1 fully saturated rings. The summed E-state index contributed by atoms with van der Waals surface area (Å²) in [5.41, 5.74) is 5.09. The van der Waals surface area contributed by atoms with E-state index in [1.54, 1.807) is 4.90 Å². The van der Waals surface area contributed by atoms with Crippen LogP contribution in [0.4, 0.5) is 5.69 Å². The lowest BCUT2D eigenvalue weighted by Crippen LogP contribution is -2.44. The maximum absolute atomic E-state index is 13.7. The van der Waals surface area contributed by atoms with Gasteiger partial charge in [0, 0.05) is 23.0 Å². The lowest BCUT2D eigenvalue weighted by molar-refractivity contribution is -0.120. The second-order valence-corrected chi connectivity index (χ2v) is 8.86. The second kappa shape index (κ2) is 6.83. The molecule has 0 unspecified atom stereocenters. The van der Waals surface area contributed by atoms with E-state index in [0.29, 0.717) is 17.3 Å². The molecule has 1 saturated heterocycles. The number of carbonyl (C=O) groups is 1. The number of benzene rings is 3. The number of para-hydroxylation sites is 2. The molecule has 3 aromatic carbocycles. The topological polar surface area (TPSA) is 57.8 Å². The number of nitrogens with zero attached hydrogens (tertiary/aromatic N) is 2. The van der Waals surface area contributed by atoms with Crippen LogP contribution in [-0.2, 0) is 11.2 Å². The lowest BCUT2D eigenvalue weighted by atomic mass is 9.89. The summed E-state index contributed by atoms with van der Waals surface area (Å²) in [6.45, 7) is 0.214. The Kier molecular flexibility index (Phi) is 3.87. The van der Waals surface area contributed by atoms with Gasteiger partial charge in [-0.05, 0) is 53.7 Å². The van der Waals surface area contributed by atoms with E-state index in [0.717, 1.165) is 33.6 Å². The molecular weight excluding hydrogens is 434 g/mol. The van der Waals surface area contributed by atoms with Crippen LogP contribution in [-0.4, -0.2) is 33.7 Å². The van der Waals surface area contributed by atoms with E-state index in [1.807, 2.05) is 60.7 Å². The number of aromatic amines is 1. The Morgan fingerprint density at radius 3 is 2.61 bits per heavy atom. The van der Waals surface area contributed by atoms with Crippen LogP contribution in [0.3, 0.4) is 0 Å². The van der Waals surface area contributed by atoms with Crippen LogP contribution in [0.1, 0.15) is 22.9 Å². The van der Waals surface area contributed by atoms with Gasteiger partial charge in [0.1, 0.15) is 6.04 Å². The molecule has 1 N–H and O–H groups in total. The molecule has 3 aliphatic heterocycles. The Bertz CT molecular complexity index is 1450. The molecule has 1 aromatic heterocycles. The minimum atomic E-state index is -0.375. The number of carbonyl (C=O) groups excluding carboxylic acids is 1. The van der Waals surface area contributed by atoms with Crippen molar-refractivity contribution in [2.24, 2.45) is 0 Å². The first-order chi connectivity index (χ1) is 16.2. The molecule has 1 amide bonds. The van der Waals surface area contributed by atoms with Crippen LogP contribution in [0.2, 0.25) is 0 Å². The van der Waals surface area contributed by atoms with Crippen LogP contribution < -0.4 is 14.4 Å². The number of aromatic nitrogens is 1. The van der Waals surface area contributed by atoms with Gasteiger partial charge >= 0.3 is 0 Å². The fraction of sp³-hybridized carbons (Fsp3) is 0.154. The number of hydrogen-bond donors (Lipinski definition) is 1. The van der Waals surface area contributed by atoms with Crippen molar-refractivity contribution in [2.45, 2.75) is 18.5 Å². The van der Waals surface area contributed by atoms with E-state index in [4.69, 9.17) is 21.7 Å². The van der Waals surface area contributed by atoms with E-state index >= 15 is 0 Å². The van der Waals surface area contributed by atoms with E-state index < -0.39 is 0 Å².